The van der Waals surface area contributed by atoms with E-state index in [0.717, 1.165) is 18.0 Å². The zero-order valence-corrected chi connectivity index (χ0v) is 9.97. The summed E-state index contributed by atoms with van der Waals surface area (Å²) in [7, 11) is 1.95. The van der Waals surface area contributed by atoms with Gasteiger partial charge in [0.1, 0.15) is 5.01 Å². The predicted molar refractivity (Wildman–Crippen MR) is 61.3 cm³/mol. The summed E-state index contributed by atoms with van der Waals surface area (Å²) in [4.78, 5) is 4.51. The largest absolute Gasteiger partial charge is 0.314 e. The maximum absolute atomic E-state index is 4.51. The number of thioether (sulfide) groups is 1. The monoisotopic (exact) mass is 216 g/mol. The highest BCUT2D eigenvalue weighted by molar-refractivity contribution is 7.99. The molecule has 1 aromatic heterocycles. The average Bonchev–Trinajstić information content (AvgIpc) is 2.50. The first-order valence-electron chi connectivity index (χ1n) is 4.42. The molecule has 0 aliphatic heterocycles. The van der Waals surface area contributed by atoms with Crippen LogP contribution >= 0.6 is 23.1 Å². The highest BCUT2D eigenvalue weighted by atomic mass is 32.2. The Balaban J connectivity index is 2.39. The first-order valence-corrected chi connectivity index (χ1v) is 6.34. The molecule has 1 N–H and O–H groups in total. The van der Waals surface area contributed by atoms with Gasteiger partial charge in [0, 0.05) is 17.7 Å². The Morgan fingerprint density at radius 3 is 3.00 bits per heavy atom. The fraction of sp³-hybridized carbons (Fsp3) is 0.667. The maximum atomic E-state index is 4.51. The molecular formula is C9H16N2S2. The molecule has 0 bridgehead atoms. The Bertz CT molecular complexity index is 246. The van der Waals surface area contributed by atoms with Crippen molar-refractivity contribution in [2.45, 2.75) is 31.4 Å². The lowest BCUT2D eigenvalue weighted by Crippen LogP contribution is -2.05. The molecule has 1 rings (SSSR count). The zero-order chi connectivity index (χ0) is 9.68. The minimum absolute atomic E-state index is 0.691. The number of nitrogens with one attached hydrogen (secondary N) is 1. The van der Waals surface area contributed by atoms with E-state index in [2.05, 4.69) is 29.5 Å². The third-order valence-electron chi connectivity index (χ3n) is 1.50. The Morgan fingerprint density at radius 1 is 1.62 bits per heavy atom. The van der Waals surface area contributed by atoms with Crippen LogP contribution in [0.4, 0.5) is 0 Å². The Labute approximate surface area is 88.2 Å². The van der Waals surface area contributed by atoms with E-state index in [9.17, 15) is 0 Å². The number of hydrogen-bond acceptors (Lipinski definition) is 4. The second-order valence-electron chi connectivity index (χ2n) is 3.12. The smallest absolute Gasteiger partial charge is 0.103 e. The lowest BCUT2D eigenvalue weighted by molar-refractivity contribution is 0.794. The molecule has 0 unspecified atom stereocenters. The molecule has 0 amide bonds. The molecule has 4 heteroatoms. The highest BCUT2D eigenvalue weighted by Gasteiger charge is 2.02. The first-order chi connectivity index (χ1) is 6.22. The molecule has 2 nitrogen and oxygen atoms in total. The molecule has 1 aromatic rings. The van der Waals surface area contributed by atoms with Crippen molar-refractivity contribution >= 4 is 23.1 Å². The molecule has 0 aromatic carbocycles. The third kappa shape index (κ3) is 4.11. The van der Waals surface area contributed by atoms with Crippen LogP contribution in [-0.2, 0) is 12.3 Å². The molecular weight excluding hydrogens is 200 g/mol. The topological polar surface area (TPSA) is 24.9 Å². The number of hydrogen-bond donors (Lipinski definition) is 1. The molecule has 0 aliphatic rings. The van der Waals surface area contributed by atoms with E-state index in [4.69, 9.17) is 0 Å². The Kier molecular flexibility index (Phi) is 4.77. The summed E-state index contributed by atoms with van der Waals surface area (Å²) >= 11 is 3.70. The maximum Gasteiger partial charge on any atom is 0.103 e. The lowest BCUT2D eigenvalue weighted by Gasteiger charge is -2.00. The van der Waals surface area contributed by atoms with Gasteiger partial charge in [-0.25, -0.2) is 4.98 Å². The van der Waals surface area contributed by atoms with Gasteiger partial charge in [-0.3, -0.25) is 0 Å². The second kappa shape index (κ2) is 5.62. The van der Waals surface area contributed by atoms with Gasteiger partial charge in [-0.15, -0.1) is 11.3 Å². The molecule has 13 heavy (non-hydrogen) atoms. The third-order valence-corrected chi connectivity index (χ3v) is 3.68. The van der Waals surface area contributed by atoms with Crippen molar-refractivity contribution in [2.24, 2.45) is 0 Å². The van der Waals surface area contributed by atoms with Gasteiger partial charge in [-0.2, -0.15) is 11.8 Å². The van der Waals surface area contributed by atoms with Crippen LogP contribution in [0.5, 0.6) is 0 Å². The highest BCUT2D eigenvalue weighted by Crippen LogP contribution is 2.19. The number of nitrogens with zero attached hydrogens (tertiary/aromatic N) is 1. The van der Waals surface area contributed by atoms with E-state index < -0.39 is 0 Å². The summed E-state index contributed by atoms with van der Waals surface area (Å²) in [5.41, 5.74) is 1.16. The fourth-order valence-electron chi connectivity index (χ4n) is 0.915. The van der Waals surface area contributed by atoms with E-state index in [0.29, 0.717) is 5.25 Å². The van der Waals surface area contributed by atoms with Crippen LogP contribution < -0.4 is 5.32 Å². The van der Waals surface area contributed by atoms with Gasteiger partial charge in [0.05, 0.1) is 5.69 Å². The summed E-state index contributed by atoms with van der Waals surface area (Å²) in [5, 5.41) is 7.16. The zero-order valence-electron chi connectivity index (χ0n) is 8.33. The van der Waals surface area contributed by atoms with E-state index in [1.165, 1.54) is 5.01 Å². The van der Waals surface area contributed by atoms with Gasteiger partial charge in [0.2, 0.25) is 0 Å². The number of aromatic nitrogens is 1. The molecule has 0 atom stereocenters. The average molecular weight is 216 g/mol. The van der Waals surface area contributed by atoms with Crippen LogP contribution in [0.15, 0.2) is 5.38 Å². The van der Waals surface area contributed by atoms with E-state index >= 15 is 0 Å². The van der Waals surface area contributed by atoms with Crippen molar-refractivity contribution in [2.75, 3.05) is 7.05 Å². The standard InChI is InChI=1S/C9H16N2S2/c1-7(2)12-6-9-11-8(4-10-3)5-13-9/h5,7,10H,4,6H2,1-3H3. The van der Waals surface area contributed by atoms with Crippen LogP contribution in [-0.4, -0.2) is 17.3 Å². The van der Waals surface area contributed by atoms with Crippen molar-refractivity contribution in [3.63, 3.8) is 0 Å². The minimum Gasteiger partial charge on any atom is -0.314 e. The first kappa shape index (κ1) is 11.0. The fourth-order valence-corrected chi connectivity index (χ4v) is 2.51. The van der Waals surface area contributed by atoms with Crippen LogP contribution in [0.1, 0.15) is 24.5 Å². The Hall–Kier alpha value is -0.0600. The van der Waals surface area contributed by atoms with E-state index in [1.807, 2.05) is 18.8 Å². The second-order valence-corrected chi connectivity index (χ2v) is 5.63. The van der Waals surface area contributed by atoms with Gasteiger partial charge >= 0.3 is 0 Å². The summed E-state index contributed by atoms with van der Waals surface area (Å²) in [6, 6.07) is 0. The summed E-state index contributed by atoms with van der Waals surface area (Å²) in [5.74, 6) is 1.05. The van der Waals surface area contributed by atoms with Gasteiger partial charge < -0.3 is 5.32 Å². The minimum atomic E-state index is 0.691. The molecule has 1 heterocycles. The Morgan fingerprint density at radius 2 is 2.38 bits per heavy atom. The quantitative estimate of drug-likeness (QED) is 0.818. The molecule has 0 radical (unpaired) electrons. The van der Waals surface area contributed by atoms with Gasteiger partial charge in [-0.1, -0.05) is 13.8 Å². The van der Waals surface area contributed by atoms with Crippen molar-refractivity contribution in [1.82, 2.24) is 10.3 Å². The van der Waals surface area contributed by atoms with Gasteiger partial charge in [-0.05, 0) is 12.3 Å². The summed E-state index contributed by atoms with van der Waals surface area (Å²) < 4.78 is 0. The number of rotatable bonds is 5. The van der Waals surface area contributed by atoms with Crippen molar-refractivity contribution < 1.29 is 0 Å². The molecule has 0 aliphatic carbocycles. The van der Waals surface area contributed by atoms with Crippen molar-refractivity contribution in [3.05, 3.63) is 16.1 Å². The molecule has 0 saturated carbocycles. The van der Waals surface area contributed by atoms with Crippen molar-refractivity contribution in [1.29, 1.82) is 0 Å². The van der Waals surface area contributed by atoms with E-state index in [1.54, 1.807) is 11.3 Å². The molecule has 74 valence electrons. The van der Waals surface area contributed by atoms with Crippen LogP contribution in [0.25, 0.3) is 0 Å². The SMILES string of the molecule is CNCc1csc(CSC(C)C)n1. The van der Waals surface area contributed by atoms with Gasteiger partial charge in [0.15, 0.2) is 0 Å². The summed E-state index contributed by atoms with van der Waals surface area (Å²) in [6.07, 6.45) is 0. The molecule has 0 fully saturated rings. The number of thiazole rings is 1. The summed E-state index contributed by atoms with van der Waals surface area (Å²) in [6.45, 7) is 5.31. The molecule has 0 saturated heterocycles. The molecule has 0 spiro atoms. The normalized spacial score (nSPS) is 11.1. The lowest BCUT2D eigenvalue weighted by atomic mass is 10.5. The van der Waals surface area contributed by atoms with Gasteiger partial charge in [0.25, 0.3) is 0 Å². The van der Waals surface area contributed by atoms with Crippen LogP contribution in [0.2, 0.25) is 0 Å². The van der Waals surface area contributed by atoms with Crippen molar-refractivity contribution in [3.8, 4) is 0 Å². The van der Waals surface area contributed by atoms with Crippen LogP contribution in [0.3, 0.4) is 0 Å². The van der Waals surface area contributed by atoms with E-state index in [-0.39, 0.29) is 0 Å². The predicted octanol–water partition coefficient (Wildman–Crippen LogP) is 2.50. The van der Waals surface area contributed by atoms with Crippen LogP contribution in [0, 0.1) is 0 Å².